The fourth-order valence-electron chi connectivity index (χ4n) is 0.907. The number of rotatable bonds is 1. The van der Waals surface area contributed by atoms with Crippen molar-refractivity contribution in [3.8, 4) is 0 Å². The molecule has 0 aromatic carbocycles. The van der Waals surface area contributed by atoms with Crippen LogP contribution in [0, 0.1) is 0 Å². The van der Waals surface area contributed by atoms with Crippen molar-refractivity contribution in [1.29, 1.82) is 0 Å². The second kappa shape index (κ2) is 2.16. The number of carbonyl (C=O) groups excluding carboxylic acids is 1. The van der Waals surface area contributed by atoms with Crippen LogP contribution in [-0.2, 0) is 0 Å². The van der Waals surface area contributed by atoms with E-state index in [1.807, 2.05) is 0 Å². The molecule has 4 heteroatoms. The summed E-state index contributed by atoms with van der Waals surface area (Å²) >= 11 is 0. The highest BCUT2D eigenvalue weighted by Gasteiger charge is 1.96. The van der Waals surface area contributed by atoms with Gasteiger partial charge in [-0.3, -0.25) is 9.89 Å². The Balaban J connectivity index is 2.76. The van der Waals surface area contributed by atoms with Crippen molar-refractivity contribution in [3.05, 3.63) is 24.0 Å². The molecule has 0 spiro atoms. The number of nitrogens with one attached hydrogen (secondary N) is 1. The van der Waals surface area contributed by atoms with Crippen molar-refractivity contribution in [2.75, 3.05) is 0 Å². The Hall–Kier alpha value is -1.71. The number of aromatic amines is 1. The Morgan fingerprint density at radius 2 is 2.36 bits per heavy atom. The maximum Gasteiger partial charge on any atom is 0.168 e. The normalized spacial score (nSPS) is 10.2. The number of aromatic nitrogens is 3. The molecule has 54 valence electrons. The number of nitrogens with zero attached hydrogens (tertiary/aromatic N) is 2. The van der Waals surface area contributed by atoms with Crippen molar-refractivity contribution in [3.63, 3.8) is 0 Å². The van der Waals surface area contributed by atoms with Gasteiger partial charge in [-0.1, -0.05) is 0 Å². The highest BCUT2D eigenvalue weighted by molar-refractivity contribution is 5.80. The zero-order chi connectivity index (χ0) is 7.68. The van der Waals surface area contributed by atoms with Crippen molar-refractivity contribution in [2.24, 2.45) is 0 Å². The van der Waals surface area contributed by atoms with E-state index in [0.717, 1.165) is 5.39 Å². The van der Waals surface area contributed by atoms with Gasteiger partial charge in [-0.2, -0.15) is 5.10 Å². The average molecular weight is 147 g/mol. The monoisotopic (exact) mass is 147 g/mol. The number of H-pyrrole nitrogens is 1. The lowest BCUT2D eigenvalue weighted by Crippen LogP contribution is -1.85. The lowest BCUT2D eigenvalue weighted by Gasteiger charge is -1.87. The first-order chi connectivity index (χ1) is 5.40. The lowest BCUT2D eigenvalue weighted by atomic mass is 10.3. The third-order valence-corrected chi connectivity index (χ3v) is 1.44. The topological polar surface area (TPSA) is 58.6 Å². The molecule has 4 nitrogen and oxygen atoms in total. The van der Waals surface area contributed by atoms with Gasteiger partial charge in [-0.15, -0.1) is 0 Å². The molecule has 0 saturated carbocycles. The summed E-state index contributed by atoms with van der Waals surface area (Å²) in [6, 6.07) is 3.46. The van der Waals surface area contributed by atoms with Gasteiger partial charge in [0.1, 0.15) is 5.69 Å². The minimum Gasteiger partial charge on any atom is -0.296 e. The summed E-state index contributed by atoms with van der Waals surface area (Å²) < 4.78 is 0. The largest absolute Gasteiger partial charge is 0.296 e. The predicted octanol–water partition coefficient (Wildman–Crippen LogP) is 0.770. The van der Waals surface area contributed by atoms with E-state index >= 15 is 0 Å². The molecule has 0 atom stereocenters. The number of fused-ring (bicyclic) bond motifs is 1. The van der Waals surface area contributed by atoms with Gasteiger partial charge in [-0.05, 0) is 12.1 Å². The number of hydrogen-bond acceptors (Lipinski definition) is 3. The summed E-state index contributed by atoms with van der Waals surface area (Å²) in [7, 11) is 0. The Labute approximate surface area is 62.3 Å². The van der Waals surface area contributed by atoms with Gasteiger partial charge in [0, 0.05) is 5.39 Å². The third-order valence-electron chi connectivity index (χ3n) is 1.44. The molecule has 11 heavy (non-hydrogen) atoms. The van der Waals surface area contributed by atoms with Crippen LogP contribution in [0.15, 0.2) is 18.3 Å². The van der Waals surface area contributed by atoms with Crippen LogP contribution in [-0.4, -0.2) is 21.5 Å². The summed E-state index contributed by atoms with van der Waals surface area (Å²) in [6.07, 6.45) is 2.37. The number of pyridine rings is 1. The molecule has 0 amide bonds. The molecule has 0 unspecified atom stereocenters. The molecule has 0 radical (unpaired) electrons. The molecular formula is C7H5N3O. The smallest absolute Gasteiger partial charge is 0.168 e. The summed E-state index contributed by atoms with van der Waals surface area (Å²) in [5.41, 5.74) is 1.07. The van der Waals surface area contributed by atoms with E-state index in [4.69, 9.17) is 0 Å². The van der Waals surface area contributed by atoms with Crippen molar-refractivity contribution in [1.82, 2.24) is 15.2 Å². The van der Waals surface area contributed by atoms with E-state index in [9.17, 15) is 4.79 Å². The van der Waals surface area contributed by atoms with Gasteiger partial charge in [-0.25, -0.2) is 4.98 Å². The molecule has 0 aliphatic heterocycles. The molecule has 0 bridgehead atoms. The molecule has 1 N–H and O–H groups in total. The predicted molar refractivity (Wildman–Crippen MR) is 39.3 cm³/mol. The minimum absolute atomic E-state index is 0.418. The maximum absolute atomic E-state index is 10.3. The van der Waals surface area contributed by atoms with Crippen LogP contribution < -0.4 is 0 Å². The molecule has 2 aromatic heterocycles. The number of aldehydes is 1. The van der Waals surface area contributed by atoms with Crippen LogP contribution in [0.5, 0.6) is 0 Å². The number of carbonyl (C=O) groups is 1. The zero-order valence-electron chi connectivity index (χ0n) is 5.61. The molecular weight excluding hydrogens is 142 g/mol. The first-order valence-corrected chi connectivity index (χ1v) is 3.15. The van der Waals surface area contributed by atoms with Gasteiger partial charge in [0.05, 0.1) is 6.20 Å². The summed E-state index contributed by atoms with van der Waals surface area (Å²) in [4.78, 5) is 14.2. The van der Waals surface area contributed by atoms with Crippen LogP contribution in [0.3, 0.4) is 0 Å². The summed E-state index contributed by atoms with van der Waals surface area (Å²) in [5, 5.41) is 7.36. The lowest BCUT2D eigenvalue weighted by molar-refractivity contribution is 0.111. The van der Waals surface area contributed by atoms with Crippen molar-refractivity contribution >= 4 is 17.3 Å². The van der Waals surface area contributed by atoms with Crippen LogP contribution in [0.1, 0.15) is 10.5 Å². The molecule has 0 aliphatic carbocycles. The van der Waals surface area contributed by atoms with Gasteiger partial charge in [0.25, 0.3) is 0 Å². The Kier molecular flexibility index (Phi) is 1.18. The molecule has 2 aromatic rings. The second-order valence-electron chi connectivity index (χ2n) is 2.16. The average Bonchev–Trinajstić information content (AvgIpc) is 2.50. The SMILES string of the molecule is O=Cc1ccc2cn[nH]c2n1. The van der Waals surface area contributed by atoms with Crippen LogP contribution in [0.4, 0.5) is 0 Å². The number of hydrogen-bond donors (Lipinski definition) is 1. The van der Waals surface area contributed by atoms with Crippen molar-refractivity contribution < 1.29 is 4.79 Å². The first-order valence-electron chi connectivity index (χ1n) is 3.15. The van der Waals surface area contributed by atoms with E-state index < -0.39 is 0 Å². The highest BCUT2D eigenvalue weighted by atomic mass is 16.1. The minimum atomic E-state index is 0.418. The maximum atomic E-state index is 10.3. The first kappa shape index (κ1) is 6.03. The molecule has 0 fully saturated rings. The standard InChI is InChI=1S/C7H5N3O/c11-4-6-2-1-5-3-8-10-7(5)9-6/h1-4H,(H,8,9,10). The fraction of sp³-hybridized carbons (Fsp3) is 0. The van der Waals surface area contributed by atoms with Gasteiger partial charge in [0.2, 0.25) is 0 Å². The van der Waals surface area contributed by atoms with E-state index in [0.29, 0.717) is 17.6 Å². The van der Waals surface area contributed by atoms with Gasteiger partial charge < -0.3 is 0 Å². The fourth-order valence-corrected chi connectivity index (χ4v) is 0.907. The molecule has 2 heterocycles. The molecule has 2 rings (SSSR count). The van der Waals surface area contributed by atoms with E-state index in [1.165, 1.54) is 0 Å². The Morgan fingerprint density at radius 3 is 3.18 bits per heavy atom. The molecule has 0 saturated heterocycles. The van der Waals surface area contributed by atoms with E-state index in [2.05, 4.69) is 15.2 Å². The Bertz CT molecular complexity index is 393. The Morgan fingerprint density at radius 1 is 1.45 bits per heavy atom. The summed E-state index contributed by atoms with van der Waals surface area (Å²) in [6.45, 7) is 0. The summed E-state index contributed by atoms with van der Waals surface area (Å²) in [5.74, 6) is 0. The zero-order valence-corrected chi connectivity index (χ0v) is 5.61. The van der Waals surface area contributed by atoms with Crippen molar-refractivity contribution in [2.45, 2.75) is 0 Å². The van der Waals surface area contributed by atoms with E-state index in [-0.39, 0.29) is 0 Å². The van der Waals surface area contributed by atoms with E-state index in [1.54, 1.807) is 18.3 Å². The van der Waals surface area contributed by atoms with Crippen LogP contribution >= 0.6 is 0 Å². The van der Waals surface area contributed by atoms with Crippen LogP contribution in [0.25, 0.3) is 11.0 Å². The quantitative estimate of drug-likeness (QED) is 0.606. The van der Waals surface area contributed by atoms with Gasteiger partial charge >= 0.3 is 0 Å². The van der Waals surface area contributed by atoms with Crippen LogP contribution in [0.2, 0.25) is 0 Å². The highest BCUT2D eigenvalue weighted by Crippen LogP contribution is 2.06. The second-order valence-corrected chi connectivity index (χ2v) is 2.16. The third kappa shape index (κ3) is 0.881. The van der Waals surface area contributed by atoms with Gasteiger partial charge in [0.15, 0.2) is 11.9 Å². The molecule has 0 aliphatic rings.